The smallest absolute Gasteiger partial charge is 0.338 e. The van der Waals surface area contributed by atoms with E-state index in [0.717, 1.165) is 0 Å². The number of para-hydroxylation sites is 1. The number of ether oxygens (including phenoxy) is 1. The highest BCUT2D eigenvalue weighted by molar-refractivity contribution is 7.41. The molecule has 5 nitrogen and oxygen atoms in total. The van der Waals surface area contributed by atoms with Crippen LogP contribution in [-0.4, -0.2) is 25.8 Å². The largest absolute Gasteiger partial charge is 0.425 e. The summed E-state index contributed by atoms with van der Waals surface area (Å²) in [5, 5.41) is 0. The molecule has 0 N–H and O–H groups in total. The van der Waals surface area contributed by atoms with Gasteiger partial charge in [0.15, 0.2) is 6.61 Å². The number of carbonyl (C=O) groups is 1. The molecule has 0 unspecified atom stereocenters. The van der Waals surface area contributed by atoms with E-state index in [0.29, 0.717) is 19.0 Å². The second-order valence-corrected chi connectivity index (χ2v) is 6.22. The highest BCUT2D eigenvalue weighted by Gasteiger charge is 2.30. The van der Waals surface area contributed by atoms with Crippen LogP contribution in [0.3, 0.4) is 0 Å². The van der Waals surface area contributed by atoms with Crippen LogP contribution in [0, 0.1) is 5.41 Å². The van der Waals surface area contributed by atoms with Crippen LogP contribution in [0.25, 0.3) is 0 Å². The van der Waals surface area contributed by atoms with Gasteiger partial charge in [0, 0.05) is 5.41 Å². The van der Waals surface area contributed by atoms with Gasteiger partial charge in [-0.05, 0) is 12.1 Å². The molecule has 0 aliphatic carbocycles. The molecule has 0 amide bonds. The molecule has 104 valence electrons. The van der Waals surface area contributed by atoms with Crippen molar-refractivity contribution in [3.05, 3.63) is 30.3 Å². The van der Waals surface area contributed by atoms with Gasteiger partial charge in [-0.3, -0.25) is 0 Å². The van der Waals surface area contributed by atoms with E-state index in [2.05, 4.69) is 0 Å². The van der Waals surface area contributed by atoms with Gasteiger partial charge >= 0.3 is 14.6 Å². The van der Waals surface area contributed by atoms with E-state index in [9.17, 15) is 4.79 Å². The first-order chi connectivity index (χ1) is 9.05. The van der Waals surface area contributed by atoms with Crippen molar-refractivity contribution in [2.45, 2.75) is 13.8 Å². The van der Waals surface area contributed by atoms with Gasteiger partial charge < -0.3 is 18.3 Å². The lowest BCUT2D eigenvalue weighted by atomic mass is 9.97. The Kier molecular flexibility index (Phi) is 4.88. The Labute approximate surface area is 113 Å². The summed E-state index contributed by atoms with van der Waals surface area (Å²) in [4.78, 5) is 11.5. The maximum absolute atomic E-state index is 11.5. The minimum absolute atomic E-state index is 0.00720. The Morgan fingerprint density at radius 2 is 1.89 bits per heavy atom. The van der Waals surface area contributed by atoms with Crippen molar-refractivity contribution in [2.24, 2.45) is 5.41 Å². The third-order valence-corrected chi connectivity index (χ3v) is 3.40. The molecular weight excluding hydrogens is 267 g/mol. The van der Waals surface area contributed by atoms with Crippen LogP contribution < -0.4 is 4.74 Å². The summed E-state index contributed by atoms with van der Waals surface area (Å²) in [7, 11) is -1.44. The normalized spacial score (nSPS) is 19.1. The van der Waals surface area contributed by atoms with Gasteiger partial charge in [-0.1, -0.05) is 32.0 Å². The topological polar surface area (TPSA) is 54.0 Å². The van der Waals surface area contributed by atoms with Gasteiger partial charge in [0.2, 0.25) is 0 Å². The fourth-order valence-electron chi connectivity index (χ4n) is 1.36. The zero-order valence-corrected chi connectivity index (χ0v) is 11.9. The van der Waals surface area contributed by atoms with Crippen molar-refractivity contribution in [2.75, 3.05) is 19.8 Å². The minimum atomic E-state index is -1.44. The van der Waals surface area contributed by atoms with Gasteiger partial charge in [-0.25, -0.2) is 4.79 Å². The minimum Gasteiger partial charge on any atom is -0.425 e. The Morgan fingerprint density at radius 1 is 1.26 bits per heavy atom. The van der Waals surface area contributed by atoms with Crippen molar-refractivity contribution in [3.63, 3.8) is 0 Å². The maximum atomic E-state index is 11.5. The van der Waals surface area contributed by atoms with Crippen molar-refractivity contribution in [1.82, 2.24) is 0 Å². The Morgan fingerprint density at radius 3 is 2.53 bits per heavy atom. The zero-order chi connectivity index (χ0) is 13.7. The lowest BCUT2D eigenvalue weighted by Gasteiger charge is -2.32. The lowest BCUT2D eigenvalue weighted by molar-refractivity contribution is -0.137. The summed E-state index contributed by atoms with van der Waals surface area (Å²) in [5.74, 6) is 0.0289. The zero-order valence-electron chi connectivity index (χ0n) is 11.0. The molecule has 6 heteroatoms. The molecule has 1 aromatic carbocycles. The molecule has 1 saturated heterocycles. The highest BCUT2D eigenvalue weighted by atomic mass is 31.2. The van der Waals surface area contributed by atoms with Crippen LogP contribution in [0.2, 0.25) is 0 Å². The molecule has 1 fully saturated rings. The van der Waals surface area contributed by atoms with Crippen LogP contribution in [0.5, 0.6) is 5.75 Å². The average molecular weight is 284 g/mol. The molecule has 1 aromatic rings. The first-order valence-corrected chi connectivity index (χ1v) is 7.09. The van der Waals surface area contributed by atoms with Crippen LogP contribution in [0.4, 0.5) is 0 Å². The summed E-state index contributed by atoms with van der Waals surface area (Å²) in [5.41, 5.74) is -0.00720. The predicted octanol–water partition coefficient (Wildman–Crippen LogP) is 2.91. The average Bonchev–Trinajstić information content (AvgIpc) is 2.39. The number of hydrogen-bond acceptors (Lipinski definition) is 5. The van der Waals surface area contributed by atoms with Crippen LogP contribution in [-0.2, 0) is 18.4 Å². The van der Waals surface area contributed by atoms with Crippen LogP contribution in [0.1, 0.15) is 13.8 Å². The molecule has 0 aromatic heterocycles. The second-order valence-electron chi connectivity index (χ2n) is 5.00. The fourth-order valence-corrected chi connectivity index (χ4v) is 2.71. The van der Waals surface area contributed by atoms with Crippen molar-refractivity contribution in [3.8, 4) is 5.75 Å². The van der Waals surface area contributed by atoms with Gasteiger partial charge in [0.25, 0.3) is 0 Å². The summed E-state index contributed by atoms with van der Waals surface area (Å²) in [6, 6.07) is 8.85. The van der Waals surface area contributed by atoms with Crippen molar-refractivity contribution < 1.29 is 23.1 Å². The Bertz CT molecular complexity index is 410. The molecule has 1 heterocycles. The predicted molar refractivity (Wildman–Crippen MR) is 70.6 cm³/mol. The Hall–Kier alpha value is -1.00. The maximum Gasteiger partial charge on any atom is 0.338 e. The molecule has 0 bridgehead atoms. The van der Waals surface area contributed by atoms with E-state index in [1.807, 2.05) is 19.9 Å². The third kappa shape index (κ3) is 4.88. The van der Waals surface area contributed by atoms with Crippen LogP contribution in [0.15, 0.2) is 30.3 Å². The van der Waals surface area contributed by atoms with Gasteiger partial charge in [-0.2, -0.15) is 0 Å². The molecule has 0 spiro atoms. The molecule has 2 rings (SSSR count). The van der Waals surface area contributed by atoms with Gasteiger partial charge in [0.1, 0.15) is 5.75 Å². The van der Waals surface area contributed by atoms with E-state index >= 15 is 0 Å². The van der Waals surface area contributed by atoms with Crippen LogP contribution >= 0.6 is 8.60 Å². The van der Waals surface area contributed by atoms with Crippen molar-refractivity contribution >= 4 is 14.6 Å². The molecule has 19 heavy (non-hydrogen) atoms. The first-order valence-electron chi connectivity index (χ1n) is 6.00. The number of hydrogen-bond donors (Lipinski definition) is 0. The summed E-state index contributed by atoms with van der Waals surface area (Å²) in [6.45, 7) is 5.03. The standard InChI is InChI=1S/C13H17O5P/c1-13(2)9-16-19(17-10-13)15-8-12(14)18-11-6-4-3-5-7-11/h3-7H,8-10H2,1-2H3. The van der Waals surface area contributed by atoms with E-state index in [1.54, 1.807) is 24.3 Å². The van der Waals surface area contributed by atoms with E-state index in [4.69, 9.17) is 18.3 Å². The SMILES string of the molecule is CC1(C)COP(OCC(=O)Oc2ccccc2)OC1. The van der Waals surface area contributed by atoms with Gasteiger partial charge in [-0.15, -0.1) is 0 Å². The first kappa shape index (κ1) is 14.4. The number of esters is 1. The van der Waals surface area contributed by atoms with E-state index in [1.165, 1.54) is 0 Å². The summed E-state index contributed by atoms with van der Waals surface area (Å²) < 4.78 is 21.2. The molecule has 0 radical (unpaired) electrons. The molecule has 1 aliphatic heterocycles. The fraction of sp³-hybridized carbons (Fsp3) is 0.462. The number of carbonyl (C=O) groups excluding carboxylic acids is 1. The molecular formula is C13H17O5P. The third-order valence-electron chi connectivity index (χ3n) is 2.38. The molecule has 1 aliphatic rings. The molecule has 0 atom stereocenters. The monoisotopic (exact) mass is 284 g/mol. The number of benzene rings is 1. The highest BCUT2D eigenvalue weighted by Crippen LogP contribution is 2.46. The summed E-state index contributed by atoms with van der Waals surface area (Å²) in [6.07, 6.45) is 0. The van der Waals surface area contributed by atoms with E-state index < -0.39 is 14.6 Å². The Balaban J connectivity index is 1.70. The molecule has 0 saturated carbocycles. The summed E-state index contributed by atoms with van der Waals surface area (Å²) >= 11 is 0. The van der Waals surface area contributed by atoms with E-state index in [-0.39, 0.29) is 12.0 Å². The number of rotatable bonds is 4. The quantitative estimate of drug-likeness (QED) is 0.483. The van der Waals surface area contributed by atoms with Gasteiger partial charge in [0.05, 0.1) is 13.2 Å². The second kappa shape index (κ2) is 6.44. The van der Waals surface area contributed by atoms with Crippen molar-refractivity contribution in [1.29, 1.82) is 0 Å². The lowest BCUT2D eigenvalue weighted by Crippen LogP contribution is -2.29.